The van der Waals surface area contributed by atoms with Gasteiger partial charge in [0.2, 0.25) is 11.8 Å². The second-order valence-corrected chi connectivity index (χ2v) is 7.22. The first kappa shape index (κ1) is 20.2. The van der Waals surface area contributed by atoms with Crippen LogP contribution in [0.3, 0.4) is 0 Å². The minimum Gasteiger partial charge on any atom is -0.491 e. The van der Waals surface area contributed by atoms with Crippen LogP contribution < -0.4 is 14.4 Å². The molecule has 2 aromatic carbocycles. The number of carbonyl (C=O) groups excluding carboxylic acids is 1. The Hall–Kier alpha value is -3.12. The van der Waals surface area contributed by atoms with Gasteiger partial charge in [0.05, 0.1) is 0 Å². The molecule has 0 N–H and O–H groups in total. The van der Waals surface area contributed by atoms with Crippen LogP contribution in [0, 0.1) is 5.82 Å². The third-order valence-electron chi connectivity index (χ3n) is 4.82. The van der Waals surface area contributed by atoms with Gasteiger partial charge in [0.15, 0.2) is 0 Å². The molecule has 1 amide bonds. The molecule has 0 saturated carbocycles. The number of ether oxygens (including phenoxy) is 2. The van der Waals surface area contributed by atoms with E-state index in [4.69, 9.17) is 21.1 Å². The van der Waals surface area contributed by atoms with Gasteiger partial charge < -0.3 is 9.47 Å². The van der Waals surface area contributed by atoms with Crippen LogP contribution in [0.25, 0.3) is 0 Å². The zero-order valence-electron chi connectivity index (χ0n) is 16.1. The number of hydrogen-bond acceptors (Lipinski definition) is 4. The minimum atomic E-state index is -0.341. The maximum absolute atomic E-state index is 13.2. The van der Waals surface area contributed by atoms with Crippen LogP contribution in [0.15, 0.2) is 66.9 Å². The largest absolute Gasteiger partial charge is 0.491 e. The highest BCUT2D eigenvalue weighted by molar-refractivity contribution is 6.29. The summed E-state index contributed by atoms with van der Waals surface area (Å²) in [5.41, 5.74) is 2.38. The van der Waals surface area contributed by atoms with Crippen molar-refractivity contribution >= 4 is 23.2 Å². The highest BCUT2D eigenvalue weighted by Crippen LogP contribution is 2.34. The van der Waals surface area contributed by atoms with Crippen LogP contribution in [0.2, 0.25) is 0 Å². The van der Waals surface area contributed by atoms with Gasteiger partial charge in [-0.3, -0.25) is 9.69 Å². The van der Waals surface area contributed by atoms with Gasteiger partial charge in [0.1, 0.15) is 42.4 Å². The number of hydrogen-bond donors (Lipinski definition) is 0. The summed E-state index contributed by atoms with van der Waals surface area (Å²) in [4.78, 5) is 18.7. The Bertz CT molecular complexity index is 1010. The number of aromatic nitrogens is 1. The van der Waals surface area contributed by atoms with E-state index < -0.39 is 0 Å². The van der Waals surface area contributed by atoms with Gasteiger partial charge in [-0.1, -0.05) is 30.3 Å². The Morgan fingerprint density at radius 3 is 2.67 bits per heavy atom. The quantitative estimate of drug-likeness (QED) is 0.554. The smallest absolute Gasteiger partial charge is 0.242 e. The number of para-hydroxylation sites is 1. The van der Waals surface area contributed by atoms with Crippen molar-refractivity contribution in [2.75, 3.05) is 24.0 Å². The molecule has 5 nitrogen and oxygen atoms in total. The van der Waals surface area contributed by atoms with Crippen LogP contribution in [-0.4, -0.2) is 36.0 Å². The predicted molar refractivity (Wildman–Crippen MR) is 113 cm³/mol. The van der Waals surface area contributed by atoms with Gasteiger partial charge in [0.25, 0.3) is 0 Å². The maximum Gasteiger partial charge on any atom is 0.242 e. The third-order valence-corrected chi connectivity index (χ3v) is 5.04. The number of fused-ring (bicyclic) bond motifs is 1. The Morgan fingerprint density at radius 2 is 1.93 bits per heavy atom. The Balaban J connectivity index is 1.58. The van der Waals surface area contributed by atoms with Crippen molar-refractivity contribution in [2.45, 2.75) is 12.5 Å². The number of pyridine rings is 1. The van der Waals surface area contributed by atoms with E-state index in [1.165, 1.54) is 12.1 Å². The van der Waals surface area contributed by atoms with Crippen molar-refractivity contribution in [3.8, 4) is 11.6 Å². The average Bonchev–Trinajstić information content (AvgIpc) is 2.79. The molecule has 1 aliphatic heterocycles. The molecule has 0 spiro atoms. The van der Waals surface area contributed by atoms with E-state index in [1.54, 1.807) is 23.2 Å². The van der Waals surface area contributed by atoms with Crippen molar-refractivity contribution in [1.29, 1.82) is 0 Å². The van der Waals surface area contributed by atoms with E-state index in [0.29, 0.717) is 23.7 Å². The van der Waals surface area contributed by atoms with Crippen LogP contribution in [-0.2, 0) is 11.2 Å². The van der Waals surface area contributed by atoms with E-state index >= 15 is 0 Å². The molecule has 1 aromatic heterocycles. The molecule has 154 valence electrons. The van der Waals surface area contributed by atoms with Crippen LogP contribution >= 0.6 is 11.6 Å². The summed E-state index contributed by atoms with van der Waals surface area (Å²) in [7, 11) is 0. The number of benzene rings is 2. The number of halogens is 2. The lowest BCUT2D eigenvalue weighted by molar-refractivity contribution is -0.117. The topological polar surface area (TPSA) is 51.7 Å². The third kappa shape index (κ3) is 4.54. The number of rotatable bonds is 6. The van der Waals surface area contributed by atoms with Crippen LogP contribution in [0.1, 0.15) is 11.1 Å². The molecular weight excluding hydrogens is 407 g/mol. The molecule has 1 aliphatic rings. The van der Waals surface area contributed by atoms with E-state index in [-0.39, 0.29) is 36.9 Å². The zero-order valence-corrected chi connectivity index (χ0v) is 16.9. The first-order valence-corrected chi connectivity index (χ1v) is 10.1. The summed E-state index contributed by atoms with van der Waals surface area (Å²) in [5, 5.41) is 0. The SMILES string of the molecule is O=C(CCl)N1c2cc(Cc3ccc(F)cc3)cnc2OCC1COc1ccccc1. The lowest BCUT2D eigenvalue weighted by Crippen LogP contribution is -2.50. The molecule has 0 bridgehead atoms. The number of anilines is 1. The second-order valence-electron chi connectivity index (χ2n) is 6.96. The number of amides is 1. The Kier molecular flexibility index (Phi) is 6.14. The normalized spacial score (nSPS) is 15.3. The summed E-state index contributed by atoms with van der Waals surface area (Å²) < 4.78 is 24.8. The maximum atomic E-state index is 13.2. The molecule has 1 unspecified atom stereocenters. The first-order chi connectivity index (χ1) is 14.6. The Morgan fingerprint density at radius 1 is 1.17 bits per heavy atom. The molecule has 1 atom stereocenters. The zero-order chi connectivity index (χ0) is 20.9. The van der Waals surface area contributed by atoms with Crippen molar-refractivity contribution < 1.29 is 18.7 Å². The Labute approximate surface area is 179 Å². The molecule has 2 heterocycles. The predicted octanol–water partition coefficient (Wildman–Crippen LogP) is 4.22. The fraction of sp³-hybridized carbons (Fsp3) is 0.217. The van der Waals surface area contributed by atoms with Gasteiger partial charge in [-0.2, -0.15) is 0 Å². The monoisotopic (exact) mass is 426 g/mol. The molecule has 30 heavy (non-hydrogen) atoms. The van der Waals surface area contributed by atoms with Crippen molar-refractivity contribution in [3.63, 3.8) is 0 Å². The highest BCUT2D eigenvalue weighted by Gasteiger charge is 2.33. The molecule has 4 rings (SSSR count). The van der Waals surface area contributed by atoms with Crippen LogP contribution in [0.4, 0.5) is 10.1 Å². The van der Waals surface area contributed by atoms with Gasteiger partial charge in [-0.15, -0.1) is 11.6 Å². The molecule has 7 heteroatoms. The minimum absolute atomic E-state index is 0.163. The van der Waals surface area contributed by atoms with E-state index in [9.17, 15) is 9.18 Å². The lowest BCUT2D eigenvalue weighted by Gasteiger charge is -2.36. The number of nitrogens with zero attached hydrogens (tertiary/aromatic N) is 2. The number of carbonyl (C=O) groups is 1. The average molecular weight is 427 g/mol. The molecule has 0 radical (unpaired) electrons. The summed E-state index contributed by atoms with van der Waals surface area (Å²) in [6, 6.07) is 17.2. The molecule has 3 aromatic rings. The van der Waals surface area contributed by atoms with E-state index in [2.05, 4.69) is 4.98 Å². The van der Waals surface area contributed by atoms with Crippen molar-refractivity contribution in [1.82, 2.24) is 4.98 Å². The summed E-state index contributed by atoms with van der Waals surface area (Å²) in [6.45, 7) is 0.515. The van der Waals surface area contributed by atoms with E-state index in [1.807, 2.05) is 36.4 Å². The molecule has 0 fully saturated rings. The fourth-order valence-electron chi connectivity index (χ4n) is 3.38. The van der Waals surface area contributed by atoms with Crippen molar-refractivity contribution in [3.05, 3.63) is 83.8 Å². The molecular formula is C23H20ClFN2O3. The second kappa shape index (κ2) is 9.13. The molecule has 0 aliphatic carbocycles. The van der Waals surface area contributed by atoms with Crippen molar-refractivity contribution in [2.24, 2.45) is 0 Å². The van der Waals surface area contributed by atoms with Gasteiger partial charge >= 0.3 is 0 Å². The van der Waals surface area contributed by atoms with Gasteiger partial charge in [0, 0.05) is 6.20 Å². The van der Waals surface area contributed by atoms with Gasteiger partial charge in [-0.05, 0) is 47.9 Å². The number of alkyl halides is 1. The lowest BCUT2D eigenvalue weighted by atomic mass is 10.1. The molecule has 0 saturated heterocycles. The summed E-state index contributed by atoms with van der Waals surface area (Å²) in [5.74, 6) is 0.403. The standard InChI is InChI=1S/C23H20ClFN2O3/c24-12-22(28)27-19(14-29-20-4-2-1-3-5-20)15-30-23-21(27)11-17(13-26-23)10-16-6-8-18(25)9-7-16/h1-9,11,13,19H,10,12,14-15H2. The van der Waals surface area contributed by atoms with Gasteiger partial charge in [-0.25, -0.2) is 9.37 Å². The fourth-order valence-corrected chi connectivity index (χ4v) is 3.51. The van der Waals surface area contributed by atoms with Crippen LogP contribution in [0.5, 0.6) is 11.6 Å². The first-order valence-electron chi connectivity index (χ1n) is 9.56. The summed E-state index contributed by atoms with van der Waals surface area (Å²) in [6.07, 6.45) is 2.25. The highest BCUT2D eigenvalue weighted by atomic mass is 35.5. The van der Waals surface area contributed by atoms with E-state index in [0.717, 1.165) is 11.1 Å². The summed E-state index contributed by atoms with van der Waals surface area (Å²) >= 11 is 5.89.